The Balaban J connectivity index is 1.83. The summed E-state index contributed by atoms with van der Waals surface area (Å²) in [6.45, 7) is 1.89. The van der Waals surface area contributed by atoms with Crippen molar-refractivity contribution in [2.24, 2.45) is 5.16 Å². The number of benzene rings is 3. The van der Waals surface area contributed by atoms with E-state index >= 15 is 0 Å². The number of hydrogen-bond donors (Lipinski definition) is 1. The van der Waals surface area contributed by atoms with Crippen LogP contribution in [0.2, 0.25) is 0 Å². The maximum atomic E-state index is 12.6. The average Bonchev–Trinajstić information content (AvgIpc) is 2.93. The molecule has 0 aliphatic rings. The summed E-state index contributed by atoms with van der Waals surface area (Å²) in [4.78, 5) is 45.0. The molecule has 0 spiro atoms. The maximum absolute atomic E-state index is 12.6. The molecule has 204 valence electrons. The Hall–Kier alpha value is -4.66. The minimum Gasteiger partial charge on any atom is -0.490 e. The zero-order chi connectivity index (χ0) is 28.5. The van der Waals surface area contributed by atoms with Gasteiger partial charge in [-0.25, -0.2) is 0 Å². The van der Waals surface area contributed by atoms with Crippen LogP contribution in [0.5, 0.6) is 5.75 Å². The summed E-state index contributed by atoms with van der Waals surface area (Å²) in [5, 5.41) is 13.6. The van der Waals surface area contributed by atoms with Crippen molar-refractivity contribution in [2.45, 2.75) is 12.8 Å². The van der Waals surface area contributed by atoms with E-state index in [4.69, 9.17) is 9.57 Å². The molecule has 3 rings (SSSR count). The molecule has 0 heterocycles. The van der Waals surface area contributed by atoms with Crippen LogP contribution in [0.3, 0.4) is 0 Å². The first kappa shape index (κ1) is 28.9. The lowest BCUT2D eigenvalue weighted by Gasteiger charge is -2.14. The van der Waals surface area contributed by atoms with Gasteiger partial charge in [-0.3, -0.25) is 14.4 Å². The van der Waals surface area contributed by atoms with Gasteiger partial charge in [0.2, 0.25) is 0 Å². The van der Waals surface area contributed by atoms with E-state index in [-0.39, 0.29) is 25.0 Å². The Bertz CT molecular complexity index is 1300. The van der Waals surface area contributed by atoms with Crippen molar-refractivity contribution in [2.75, 3.05) is 41.4 Å². The van der Waals surface area contributed by atoms with Gasteiger partial charge in [-0.05, 0) is 48.9 Å². The van der Waals surface area contributed by atoms with Gasteiger partial charge >= 0.3 is 5.97 Å². The molecule has 0 saturated heterocycles. The number of amides is 2. The van der Waals surface area contributed by atoms with Crippen LogP contribution >= 0.6 is 0 Å². The molecule has 1 atom stereocenters. The number of carboxylic acids is 1. The van der Waals surface area contributed by atoms with Crippen molar-refractivity contribution in [3.05, 3.63) is 101 Å². The van der Waals surface area contributed by atoms with Crippen molar-refractivity contribution in [1.29, 1.82) is 0 Å². The summed E-state index contributed by atoms with van der Waals surface area (Å²) in [6, 6.07) is 21.0. The van der Waals surface area contributed by atoms with E-state index in [2.05, 4.69) is 5.16 Å². The SMILES string of the molecule is CC(C(=O)O)c1cccc(OCCON=C(c2cccc(C(=O)N(C)C)c2)c2cccc(C(=O)N(C)C)c2)c1. The number of carbonyl (C=O) groups excluding carboxylic acids is 2. The Morgan fingerprint density at radius 3 is 1.79 bits per heavy atom. The molecule has 0 bridgehead atoms. The van der Waals surface area contributed by atoms with E-state index in [1.54, 1.807) is 95.8 Å². The molecule has 0 radical (unpaired) electrons. The van der Waals surface area contributed by atoms with Crippen LogP contribution in [0.4, 0.5) is 0 Å². The highest BCUT2D eigenvalue weighted by Gasteiger charge is 2.16. The van der Waals surface area contributed by atoms with Gasteiger partial charge in [0.1, 0.15) is 18.1 Å². The first-order valence-electron chi connectivity index (χ1n) is 12.4. The minimum atomic E-state index is -0.912. The summed E-state index contributed by atoms with van der Waals surface area (Å²) < 4.78 is 5.74. The third-order valence-corrected chi connectivity index (χ3v) is 5.91. The summed E-state index contributed by atoms with van der Waals surface area (Å²) in [7, 11) is 6.73. The molecule has 2 amide bonds. The molecule has 9 nitrogen and oxygen atoms in total. The number of oxime groups is 1. The number of ether oxygens (including phenoxy) is 1. The van der Waals surface area contributed by atoms with Gasteiger partial charge in [0.15, 0.2) is 6.61 Å². The van der Waals surface area contributed by atoms with Crippen molar-refractivity contribution in [3.63, 3.8) is 0 Å². The minimum absolute atomic E-state index is 0.106. The molecule has 1 N–H and O–H groups in total. The van der Waals surface area contributed by atoms with E-state index < -0.39 is 11.9 Å². The van der Waals surface area contributed by atoms with Crippen LogP contribution in [-0.2, 0) is 9.63 Å². The van der Waals surface area contributed by atoms with Gasteiger partial charge in [-0.1, -0.05) is 41.6 Å². The number of aliphatic carboxylic acids is 1. The predicted molar refractivity (Wildman–Crippen MR) is 148 cm³/mol. The van der Waals surface area contributed by atoms with Gasteiger partial charge < -0.3 is 24.5 Å². The normalized spacial score (nSPS) is 11.2. The number of carboxylic acid groups (broad SMARTS) is 1. The second kappa shape index (κ2) is 13.2. The summed E-state index contributed by atoms with van der Waals surface area (Å²) in [5.41, 5.74) is 3.37. The summed E-state index contributed by atoms with van der Waals surface area (Å²) >= 11 is 0. The number of rotatable bonds is 11. The molecule has 0 saturated carbocycles. The Kier molecular flexibility index (Phi) is 9.80. The molecule has 3 aromatic rings. The van der Waals surface area contributed by atoms with Gasteiger partial charge in [0.25, 0.3) is 11.8 Å². The van der Waals surface area contributed by atoms with E-state index in [1.165, 1.54) is 9.80 Å². The first-order valence-corrected chi connectivity index (χ1v) is 12.4. The molecule has 9 heteroatoms. The topological polar surface area (TPSA) is 109 Å². The fourth-order valence-corrected chi connectivity index (χ4v) is 3.71. The van der Waals surface area contributed by atoms with Crippen LogP contribution in [0, 0.1) is 0 Å². The van der Waals surface area contributed by atoms with E-state index in [0.29, 0.717) is 39.3 Å². The van der Waals surface area contributed by atoms with Gasteiger partial charge in [0.05, 0.1) is 5.92 Å². The fraction of sp³-hybridized carbons (Fsp3) is 0.267. The quantitative estimate of drug-likeness (QED) is 0.226. The zero-order valence-electron chi connectivity index (χ0n) is 22.7. The Morgan fingerprint density at radius 1 is 0.769 bits per heavy atom. The summed E-state index contributed by atoms with van der Waals surface area (Å²) in [6.07, 6.45) is 0. The third-order valence-electron chi connectivity index (χ3n) is 5.91. The Morgan fingerprint density at radius 2 is 1.28 bits per heavy atom. The monoisotopic (exact) mass is 531 g/mol. The molecule has 0 aliphatic carbocycles. The average molecular weight is 532 g/mol. The lowest BCUT2D eigenvalue weighted by atomic mass is 9.98. The molecule has 0 fully saturated rings. The Labute approximate surface area is 228 Å². The van der Waals surface area contributed by atoms with Gasteiger partial charge in [-0.2, -0.15) is 0 Å². The van der Waals surface area contributed by atoms with Crippen molar-refractivity contribution >= 4 is 23.5 Å². The van der Waals surface area contributed by atoms with Crippen molar-refractivity contribution in [3.8, 4) is 5.75 Å². The number of carbonyl (C=O) groups is 3. The van der Waals surface area contributed by atoms with Crippen LogP contribution < -0.4 is 4.74 Å². The van der Waals surface area contributed by atoms with Gasteiger partial charge in [-0.15, -0.1) is 0 Å². The molecule has 39 heavy (non-hydrogen) atoms. The molecule has 0 aromatic heterocycles. The fourth-order valence-electron chi connectivity index (χ4n) is 3.71. The third kappa shape index (κ3) is 7.67. The second-order valence-corrected chi connectivity index (χ2v) is 9.31. The largest absolute Gasteiger partial charge is 0.490 e. The second-order valence-electron chi connectivity index (χ2n) is 9.31. The first-order chi connectivity index (χ1) is 18.6. The predicted octanol–water partition coefficient (Wildman–Crippen LogP) is 4.13. The van der Waals surface area contributed by atoms with E-state index in [0.717, 1.165) is 0 Å². The molecule has 3 aromatic carbocycles. The lowest BCUT2D eigenvalue weighted by molar-refractivity contribution is -0.138. The highest BCUT2D eigenvalue weighted by atomic mass is 16.6. The molecular weight excluding hydrogens is 498 g/mol. The molecule has 1 unspecified atom stereocenters. The van der Waals surface area contributed by atoms with Crippen LogP contribution in [0.1, 0.15) is 50.2 Å². The zero-order valence-corrected chi connectivity index (χ0v) is 22.7. The number of nitrogens with zero attached hydrogens (tertiary/aromatic N) is 3. The lowest BCUT2D eigenvalue weighted by Crippen LogP contribution is -2.22. The van der Waals surface area contributed by atoms with Crippen LogP contribution in [0.25, 0.3) is 0 Å². The highest BCUT2D eigenvalue weighted by Crippen LogP contribution is 2.21. The standard InChI is InChI=1S/C30H33N3O6/c1-20(30(36)37)21-9-8-14-26(19-21)38-15-16-39-31-27(22-10-6-12-24(17-22)28(34)32(2)3)23-11-7-13-25(18-23)29(35)33(4)5/h6-14,17-20H,15-16H2,1-5H3,(H,36,37). The van der Waals surface area contributed by atoms with Gasteiger partial charge in [0, 0.05) is 50.4 Å². The maximum Gasteiger partial charge on any atom is 0.310 e. The number of hydrogen-bond acceptors (Lipinski definition) is 6. The van der Waals surface area contributed by atoms with Crippen LogP contribution in [-0.4, -0.2) is 79.8 Å². The van der Waals surface area contributed by atoms with E-state index in [1.807, 2.05) is 12.1 Å². The molecule has 0 aliphatic heterocycles. The van der Waals surface area contributed by atoms with Crippen molar-refractivity contribution < 1.29 is 29.1 Å². The van der Waals surface area contributed by atoms with E-state index in [9.17, 15) is 19.5 Å². The highest BCUT2D eigenvalue weighted by molar-refractivity contribution is 6.14. The smallest absolute Gasteiger partial charge is 0.310 e. The van der Waals surface area contributed by atoms with Crippen molar-refractivity contribution in [1.82, 2.24) is 9.80 Å². The molecular formula is C30H33N3O6. The van der Waals surface area contributed by atoms with Crippen LogP contribution in [0.15, 0.2) is 78.0 Å². The summed E-state index contributed by atoms with van der Waals surface area (Å²) in [5.74, 6) is -1.34.